The molecule has 0 saturated heterocycles. The van der Waals surface area contributed by atoms with Crippen LogP contribution in [0.1, 0.15) is 20.3 Å². The molecule has 0 aromatic carbocycles. The van der Waals surface area contributed by atoms with Gasteiger partial charge in [0.1, 0.15) is 0 Å². The lowest BCUT2D eigenvalue weighted by atomic mass is 10.3. The van der Waals surface area contributed by atoms with Crippen LogP contribution in [0.25, 0.3) is 0 Å². The summed E-state index contributed by atoms with van der Waals surface area (Å²) < 4.78 is 4.91. The van der Waals surface area contributed by atoms with Gasteiger partial charge in [-0.25, -0.2) is 4.79 Å². The van der Waals surface area contributed by atoms with Crippen molar-refractivity contribution in [2.45, 2.75) is 59.6 Å². The van der Waals surface area contributed by atoms with E-state index in [0.717, 1.165) is 6.42 Å². The Balaban J connectivity index is 5.42. The third-order valence-electron chi connectivity index (χ3n) is 3.33. The molecule has 0 aliphatic heterocycles. The molecule has 0 heterocycles. The molecule has 0 atom stereocenters. The van der Waals surface area contributed by atoms with Crippen LogP contribution in [-0.2, 0) is 9.53 Å². The summed E-state index contributed by atoms with van der Waals surface area (Å²) in [6.07, 6.45) is 8.95. The Bertz CT molecular complexity index is 433. The van der Waals surface area contributed by atoms with E-state index in [9.17, 15) is 4.79 Å². The molecule has 0 bridgehead atoms. The second-order valence-corrected chi connectivity index (χ2v) is 17.5. The monoisotopic (exact) mass is 324 g/mol. The van der Waals surface area contributed by atoms with Gasteiger partial charge in [0.05, 0.1) is 22.8 Å². The molecule has 4 heteroatoms. The molecule has 0 aliphatic rings. The predicted octanol–water partition coefficient (Wildman–Crippen LogP) is 5.12. The quantitative estimate of drug-likeness (QED) is 0.281. The van der Waals surface area contributed by atoms with Crippen molar-refractivity contribution < 1.29 is 9.53 Å². The molecule has 0 unspecified atom stereocenters. The summed E-state index contributed by atoms with van der Waals surface area (Å²) >= 11 is 0. The minimum Gasteiger partial charge on any atom is -0.463 e. The molecule has 0 rings (SSSR count). The van der Waals surface area contributed by atoms with Gasteiger partial charge in [0.15, 0.2) is 0 Å². The average molecular weight is 325 g/mol. The predicted molar refractivity (Wildman–Crippen MR) is 98.9 cm³/mol. The standard InChI is InChI=1S/C17H32O2Si2/c1-9-15(20(3,4)5)14-16(21(6,7)8)12-11-13-17(18)19-10-2/h11-14H,9-10H2,1-8H3/b13-11+,15-14+,16-12+. The van der Waals surface area contributed by atoms with Crippen LogP contribution in [0.2, 0.25) is 39.3 Å². The fourth-order valence-corrected chi connectivity index (χ4v) is 4.97. The minimum atomic E-state index is -1.43. The first-order chi connectivity index (χ1) is 9.52. The van der Waals surface area contributed by atoms with Crippen molar-refractivity contribution in [1.82, 2.24) is 0 Å². The summed E-state index contributed by atoms with van der Waals surface area (Å²) in [6.45, 7) is 18.7. The summed E-state index contributed by atoms with van der Waals surface area (Å²) in [5, 5.41) is 2.98. The zero-order chi connectivity index (χ0) is 16.7. The van der Waals surface area contributed by atoms with Gasteiger partial charge in [0.2, 0.25) is 0 Å². The molecule has 21 heavy (non-hydrogen) atoms. The molecule has 0 spiro atoms. The minimum absolute atomic E-state index is 0.270. The molecular weight excluding hydrogens is 292 g/mol. The van der Waals surface area contributed by atoms with E-state index in [-0.39, 0.29) is 5.97 Å². The molecule has 0 aromatic rings. The van der Waals surface area contributed by atoms with Gasteiger partial charge >= 0.3 is 5.97 Å². The maximum atomic E-state index is 11.4. The molecule has 0 N–H and O–H groups in total. The van der Waals surface area contributed by atoms with Gasteiger partial charge in [-0.15, -0.1) is 0 Å². The summed E-state index contributed by atoms with van der Waals surface area (Å²) in [4.78, 5) is 11.4. The number of esters is 1. The van der Waals surface area contributed by atoms with Crippen molar-refractivity contribution >= 4 is 22.1 Å². The van der Waals surface area contributed by atoms with Crippen LogP contribution in [0.3, 0.4) is 0 Å². The number of ether oxygens (including phenoxy) is 1. The Morgan fingerprint density at radius 1 is 1.00 bits per heavy atom. The second kappa shape index (κ2) is 8.54. The van der Waals surface area contributed by atoms with E-state index in [1.165, 1.54) is 11.3 Å². The van der Waals surface area contributed by atoms with Crippen LogP contribution in [0.4, 0.5) is 0 Å². The Morgan fingerprint density at radius 3 is 1.95 bits per heavy atom. The number of allylic oxidation sites excluding steroid dienone is 5. The highest BCUT2D eigenvalue weighted by Crippen LogP contribution is 2.24. The lowest BCUT2D eigenvalue weighted by Gasteiger charge is -2.24. The largest absolute Gasteiger partial charge is 0.463 e. The molecule has 0 aromatic heterocycles. The van der Waals surface area contributed by atoms with Crippen molar-refractivity contribution in [1.29, 1.82) is 0 Å². The van der Waals surface area contributed by atoms with Crippen molar-refractivity contribution in [3.8, 4) is 0 Å². The van der Waals surface area contributed by atoms with E-state index in [2.05, 4.69) is 58.4 Å². The number of rotatable bonds is 7. The van der Waals surface area contributed by atoms with Crippen LogP contribution in [0, 0.1) is 0 Å². The van der Waals surface area contributed by atoms with E-state index >= 15 is 0 Å². The summed E-state index contributed by atoms with van der Waals surface area (Å²) in [6, 6.07) is 0. The van der Waals surface area contributed by atoms with E-state index in [0.29, 0.717) is 6.61 Å². The maximum Gasteiger partial charge on any atom is 0.330 e. The number of carbonyl (C=O) groups is 1. The number of carbonyl (C=O) groups excluding carboxylic acids is 1. The van der Waals surface area contributed by atoms with E-state index in [1.807, 2.05) is 13.0 Å². The molecule has 120 valence electrons. The molecular formula is C17H32O2Si2. The zero-order valence-electron chi connectivity index (χ0n) is 15.0. The fourth-order valence-electron chi connectivity index (χ4n) is 1.97. The van der Waals surface area contributed by atoms with Crippen molar-refractivity contribution in [3.05, 3.63) is 34.7 Å². The maximum absolute atomic E-state index is 11.4. The molecule has 0 aliphatic carbocycles. The van der Waals surface area contributed by atoms with Crippen molar-refractivity contribution in [2.24, 2.45) is 0 Å². The average Bonchev–Trinajstić information content (AvgIpc) is 2.30. The fraction of sp³-hybridized carbons (Fsp3) is 0.588. The third kappa shape index (κ3) is 8.22. The first-order valence-electron chi connectivity index (χ1n) is 7.79. The number of hydrogen-bond acceptors (Lipinski definition) is 2. The van der Waals surface area contributed by atoms with Gasteiger partial charge in [0.25, 0.3) is 0 Å². The molecule has 0 radical (unpaired) electrons. The highest BCUT2D eigenvalue weighted by molar-refractivity contribution is 6.85. The normalized spacial score (nSPS) is 14.7. The zero-order valence-corrected chi connectivity index (χ0v) is 17.0. The van der Waals surface area contributed by atoms with Gasteiger partial charge in [-0.05, 0) is 13.3 Å². The number of hydrogen-bond donors (Lipinski definition) is 0. The third-order valence-corrected chi connectivity index (χ3v) is 7.80. The van der Waals surface area contributed by atoms with Crippen LogP contribution in [-0.4, -0.2) is 28.7 Å². The smallest absolute Gasteiger partial charge is 0.330 e. The van der Waals surface area contributed by atoms with Crippen LogP contribution >= 0.6 is 0 Å². The summed E-state index contributed by atoms with van der Waals surface area (Å²) in [7, 11) is -2.71. The summed E-state index contributed by atoms with van der Waals surface area (Å²) in [5.41, 5.74) is 0. The SMILES string of the molecule is CCOC(=O)/C=C/C=C(\C=C(/CC)[Si](C)(C)C)[Si](C)(C)C. The van der Waals surface area contributed by atoms with Gasteiger partial charge in [-0.3, -0.25) is 0 Å². The molecule has 0 saturated carbocycles. The lowest BCUT2D eigenvalue weighted by molar-refractivity contribution is -0.137. The summed E-state index contributed by atoms with van der Waals surface area (Å²) in [5.74, 6) is -0.270. The van der Waals surface area contributed by atoms with Gasteiger partial charge in [-0.2, -0.15) is 0 Å². The van der Waals surface area contributed by atoms with E-state index < -0.39 is 16.1 Å². The van der Waals surface area contributed by atoms with Gasteiger partial charge in [-0.1, -0.05) is 74.8 Å². The topological polar surface area (TPSA) is 26.3 Å². The van der Waals surface area contributed by atoms with Crippen LogP contribution in [0.5, 0.6) is 0 Å². The Labute approximate surface area is 133 Å². The highest BCUT2D eigenvalue weighted by atomic mass is 28.3. The Morgan fingerprint density at radius 2 is 1.57 bits per heavy atom. The second-order valence-electron chi connectivity index (χ2n) is 7.26. The van der Waals surface area contributed by atoms with Crippen molar-refractivity contribution in [2.75, 3.05) is 6.61 Å². The first kappa shape index (κ1) is 20.1. The first-order valence-corrected chi connectivity index (χ1v) is 14.8. The van der Waals surface area contributed by atoms with Crippen LogP contribution in [0.15, 0.2) is 34.7 Å². The van der Waals surface area contributed by atoms with E-state index in [4.69, 9.17) is 4.74 Å². The molecule has 0 amide bonds. The molecule has 0 fully saturated rings. The van der Waals surface area contributed by atoms with Gasteiger partial charge < -0.3 is 4.74 Å². The van der Waals surface area contributed by atoms with Crippen LogP contribution < -0.4 is 0 Å². The van der Waals surface area contributed by atoms with Crippen molar-refractivity contribution in [3.63, 3.8) is 0 Å². The Hall–Kier alpha value is -0.876. The molecule has 2 nitrogen and oxygen atoms in total. The Kier molecular flexibility index (Phi) is 8.18. The van der Waals surface area contributed by atoms with E-state index in [1.54, 1.807) is 5.20 Å². The highest BCUT2D eigenvalue weighted by Gasteiger charge is 2.22. The van der Waals surface area contributed by atoms with Gasteiger partial charge in [0, 0.05) is 6.08 Å². The lowest BCUT2D eigenvalue weighted by Crippen LogP contribution is -2.27.